The number of benzene rings is 2. The molecule has 1 N–H and O–H groups in total. The van der Waals surface area contributed by atoms with Gasteiger partial charge in [0.15, 0.2) is 0 Å². The predicted molar refractivity (Wildman–Crippen MR) is 69.4 cm³/mol. The summed E-state index contributed by atoms with van der Waals surface area (Å²) in [5.74, 6) is -0.219. The molecule has 0 aromatic heterocycles. The van der Waals surface area contributed by atoms with Crippen LogP contribution in [-0.2, 0) is 0 Å². The Morgan fingerprint density at radius 3 is 2.89 bits per heavy atom. The molecule has 2 aromatic rings. The Labute approximate surface area is 110 Å². The number of ether oxygens (including phenoxy) is 1. The SMILES string of the molecule is Cc1cccc2c1OC(c1cc(F)ccc1F)CN2. The van der Waals surface area contributed by atoms with Crippen LogP contribution in [-0.4, -0.2) is 6.54 Å². The molecule has 0 radical (unpaired) electrons. The second-order valence-corrected chi connectivity index (χ2v) is 4.60. The number of hydrogen-bond donors (Lipinski definition) is 1. The highest BCUT2D eigenvalue weighted by atomic mass is 19.1. The summed E-state index contributed by atoms with van der Waals surface area (Å²) in [5, 5.41) is 3.18. The van der Waals surface area contributed by atoms with Gasteiger partial charge in [-0.25, -0.2) is 8.78 Å². The Bertz CT molecular complexity index is 628. The zero-order valence-electron chi connectivity index (χ0n) is 10.4. The van der Waals surface area contributed by atoms with Gasteiger partial charge in [0.25, 0.3) is 0 Å². The summed E-state index contributed by atoms with van der Waals surface area (Å²) in [6, 6.07) is 9.17. The van der Waals surface area contributed by atoms with Crippen LogP contribution in [0.3, 0.4) is 0 Å². The lowest BCUT2D eigenvalue weighted by Gasteiger charge is -2.29. The van der Waals surface area contributed by atoms with Crippen LogP contribution in [0, 0.1) is 18.6 Å². The molecule has 0 fully saturated rings. The van der Waals surface area contributed by atoms with Gasteiger partial charge in [0.1, 0.15) is 23.5 Å². The second-order valence-electron chi connectivity index (χ2n) is 4.60. The van der Waals surface area contributed by atoms with Gasteiger partial charge >= 0.3 is 0 Å². The van der Waals surface area contributed by atoms with Crippen LogP contribution >= 0.6 is 0 Å². The number of nitrogens with one attached hydrogen (secondary N) is 1. The van der Waals surface area contributed by atoms with Crippen molar-refractivity contribution in [3.05, 3.63) is 59.2 Å². The molecule has 4 heteroatoms. The van der Waals surface area contributed by atoms with Crippen LogP contribution in [0.1, 0.15) is 17.2 Å². The smallest absolute Gasteiger partial charge is 0.146 e. The van der Waals surface area contributed by atoms with E-state index in [1.165, 1.54) is 6.07 Å². The molecule has 0 amide bonds. The van der Waals surface area contributed by atoms with E-state index in [0.717, 1.165) is 23.4 Å². The first-order chi connectivity index (χ1) is 9.15. The summed E-state index contributed by atoms with van der Waals surface area (Å²) in [5.41, 5.74) is 2.08. The van der Waals surface area contributed by atoms with Crippen molar-refractivity contribution in [3.8, 4) is 5.75 Å². The van der Waals surface area contributed by atoms with Crippen LogP contribution < -0.4 is 10.1 Å². The summed E-state index contributed by atoms with van der Waals surface area (Å²) >= 11 is 0. The number of fused-ring (bicyclic) bond motifs is 1. The van der Waals surface area contributed by atoms with Crippen molar-refractivity contribution in [2.24, 2.45) is 0 Å². The van der Waals surface area contributed by atoms with E-state index < -0.39 is 17.7 Å². The molecule has 1 atom stereocenters. The summed E-state index contributed by atoms with van der Waals surface area (Å²) in [6.45, 7) is 2.33. The largest absolute Gasteiger partial charge is 0.481 e. The fourth-order valence-corrected chi connectivity index (χ4v) is 2.27. The molecule has 98 valence electrons. The van der Waals surface area contributed by atoms with Gasteiger partial charge in [-0.05, 0) is 36.8 Å². The lowest BCUT2D eigenvalue weighted by atomic mass is 10.1. The maximum Gasteiger partial charge on any atom is 0.146 e. The van der Waals surface area contributed by atoms with Gasteiger partial charge in [-0.3, -0.25) is 0 Å². The van der Waals surface area contributed by atoms with E-state index in [0.29, 0.717) is 12.3 Å². The van der Waals surface area contributed by atoms with Crippen LogP contribution in [0.2, 0.25) is 0 Å². The Kier molecular flexibility index (Phi) is 2.85. The molecular formula is C15H13F2NO. The van der Waals surface area contributed by atoms with Crippen molar-refractivity contribution < 1.29 is 13.5 Å². The van der Waals surface area contributed by atoms with Gasteiger partial charge in [-0.2, -0.15) is 0 Å². The molecule has 1 aliphatic heterocycles. The Hall–Kier alpha value is -2.10. The van der Waals surface area contributed by atoms with Gasteiger partial charge in [0, 0.05) is 5.56 Å². The van der Waals surface area contributed by atoms with E-state index in [-0.39, 0.29) is 5.56 Å². The number of halogens is 2. The van der Waals surface area contributed by atoms with E-state index in [1.807, 2.05) is 25.1 Å². The third kappa shape index (κ3) is 2.14. The van der Waals surface area contributed by atoms with Crippen molar-refractivity contribution in [2.45, 2.75) is 13.0 Å². The highest BCUT2D eigenvalue weighted by molar-refractivity contribution is 5.61. The molecule has 2 aromatic carbocycles. The van der Waals surface area contributed by atoms with E-state index in [2.05, 4.69) is 5.32 Å². The van der Waals surface area contributed by atoms with Crippen LogP contribution in [0.25, 0.3) is 0 Å². The first kappa shape index (κ1) is 12.0. The number of hydrogen-bond acceptors (Lipinski definition) is 2. The summed E-state index contributed by atoms with van der Waals surface area (Å²) in [7, 11) is 0. The summed E-state index contributed by atoms with van der Waals surface area (Å²) in [6.07, 6.45) is -0.524. The first-order valence-electron chi connectivity index (χ1n) is 6.10. The average molecular weight is 261 g/mol. The Morgan fingerprint density at radius 2 is 2.05 bits per heavy atom. The Morgan fingerprint density at radius 1 is 1.21 bits per heavy atom. The van der Waals surface area contributed by atoms with Crippen molar-refractivity contribution in [1.82, 2.24) is 0 Å². The second kappa shape index (κ2) is 4.53. The first-order valence-corrected chi connectivity index (χ1v) is 6.10. The number of aryl methyl sites for hydroxylation is 1. The van der Waals surface area contributed by atoms with Crippen LogP contribution in [0.15, 0.2) is 36.4 Å². The molecule has 1 unspecified atom stereocenters. The predicted octanol–water partition coefficient (Wildman–Crippen LogP) is 3.82. The minimum Gasteiger partial charge on any atom is -0.481 e. The minimum atomic E-state index is -0.524. The normalized spacial score (nSPS) is 17.3. The van der Waals surface area contributed by atoms with Gasteiger partial charge in [0.2, 0.25) is 0 Å². The molecule has 1 aliphatic rings. The fourth-order valence-electron chi connectivity index (χ4n) is 2.27. The fraction of sp³-hybridized carbons (Fsp3) is 0.200. The van der Waals surface area contributed by atoms with Crippen LogP contribution in [0.5, 0.6) is 5.75 Å². The van der Waals surface area contributed by atoms with Crippen molar-refractivity contribution >= 4 is 5.69 Å². The molecular weight excluding hydrogens is 248 g/mol. The molecule has 0 bridgehead atoms. The van der Waals surface area contributed by atoms with Gasteiger partial charge in [-0.1, -0.05) is 12.1 Å². The van der Waals surface area contributed by atoms with Gasteiger partial charge in [-0.15, -0.1) is 0 Å². The monoisotopic (exact) mass is 261 g/mol. The van der Waals surface area contributed by atoms with Gasteiger partial charge in [0.05, 0.1) is 12.2 Å². The number of anilines is 1. The molecule has 1 heterocycles. The molecule has 19 heavy (non-hydrogen) atoms. The maximum atomic E-state index is 13.8. The maximum absolute atomic E-state index is 13.8. The van der Waals surface area contributed by atoms with Crippen molar-refractivity contribution in [2.75, 3.05) is 11.9 Å². The van der Waals surface area contributed by atoms with Crippen molar-refractivity contribution in [3.63, 3.8) is 0 Å². The standard InChI is InChI=1S/C15H13F2NO/c1-9-3-2-4-13-15(9)19-14(8-18-13)11-7-10(16)5-6-12(11)17/h2-7,14,18H,8H2,1H3. The third-order valence-corrected chi connectivity index (χ3v) is 3.25. The molecule has 0 saturated heterocycles. The molecule has 3 rings (SSSR count). The van der Waals surface area contributed by atoms with E-state index in [1.54, 1.807) is 0 Å². The lowest BCUT2D eigenvalue weighted by Crippen LogP contribution is -2.25. The summed E-state index contributed by atoms with van der Waals surface area (Å²) in [4.78, 5) is 0. The highest BCUT2D eigenvalue weighted by Gasteiger charge is 2.24. The highest BCUT2D eigenvalue weighted by Crippen LogP contribution is 2.37. The van der Waals surface area contributed by atoms with E-state index in [9.17, 15) is 8.78 Å². The topological polar surface area (TPSA) is 21.3 Å². The third-order valence-electron chi connectivity index (χ3n) is 3.25. The molecule has 0 aliphatic carbocycles. The molecule has 0 spiro atoms. The van der Waals surface area contributed by atoms with Crippen molar-refractivity contribution in [1.29, 1.82) is 0 Å². The average Bonchev–Trinajstić information content (AvgIpc) is 2.42. The Balaban J connectivity index is 1.97. The van der Waals surface area contributed by atoms with Crippen LogP contribution in [0.4, 0.5) is 14.5 Å². The number of para-hydroxylation sites is 1. The zero-order valence-corrected chi connectivity index (χ0v) is 10.4. The molecule has 0 saturated carbocycles. The molecule has 2 nitrogen and oxygen atoms in total. The summed E-state index contributed by atoms with van der Waals surface area (Å²) < 4.78 is 32.8. The lowest BCUT2D eigenvalue weighted by molar-refractivity contribution is 0.203. The number of rotatable bonds is 1. The van der Waals surface area contributed by atoms with E-state index >= 15 is 0 Å². The quantitative estimate of drug-likeness (QED) is 0.842. The zero-order chi connectivity index (χ0) is 13.4. The van der Waals surface area contributed by atoms with Gasteiger partial charge < -0.3 is 10.1 Å². The van der Waals surface area contributed by atoms with E-state index in [4.69, 9.17) is 4.74 Å². The minimum absolute atomic E-state index is 0.237.